The number of nitrogens with two attached hydrogens (primary N) is 1. The minimum absolute atomic E-state index is 0.164. The third kappa shape index (κ3) is 2.05. The summed E-state index contributed by atoms with van der Waals surface area (Å²) in [6, 6.07) is 0. The normalized spacial score (nSPS) is 38.3. The monoisotopic (exact) mass is 273 g/mol. The number of aryl methyl sites for hydroxylation is 1. The van der Waals surface area contributed by atoms with Crippen LogP contribution in [0, 0.1) is 29.6 Å². The molecule has 4 aliphatic carbocycles. The Balaban J connectivity index is 1.47. The van der Waals surface area contributed by atoms with Crippen LogP contribution in [0.25, 0.3) is 0 Å². The number of rotatable bonds is 3. The Morgan fingerprint density at radius 3 is 2.45 bits per heavy atom. The first-order valence-corrected chi connectivity index (χ1v) is 8.01. The predicted octanol–water partition coefficient (Wildman–Crippen LogP) is 2.29. The van der Waals surface area contributed by atoms with Gasteiger partial charge in [-0.25, -0.2) is 4.79 Å². The molecule has 1 aromatic rings. The van der Waals surface area contributed by atoms with E-state index in [4.69, 9.17) is 5.73 Å². The van der Waals surface area contributed by atoms with Crippen molar-refractivity contribution in [2.45, 2.75) is 45.1 Å². The molecule has 0 aliphatic heterocycles. The molecule has 1 heterocycles. The van der Waals surface area contributed by atoms with Crippen molar-refractivity contribution in [3.63, 3.8) is 0 Å². The van der Waals surface area contributed by atoms with E-state index in [9.17, 15) is 4.79 Å². The molecule has 0 radical (unpaired) electrons. The summed E-state index contributed by atoms with van der Waals surface area (Å²) in [5.41, 5.74) is 6.14. The highest BCUT2D eigenvalue weighted by molar-refractivity contribution is 5.29. The van der Waals surface area contributed by atoms with Gasteiger partial charge in [-0.3, -0.25) is 4.57 Å². The molecule has 4 bridgehead atoms. The number of aromatic nitrogens is 2. The van der Waals surface area contributed by atoms with Crippen LogP contribution < -0.4 is 11.4 Å². The van der Waals surface area contributed by atoms with Crippen molar-refractivity contribution >= 4 is 5.69 Å². The summed E-state index contributed by atoms with van der Waals surface area (Å²) < 4.78 is 1.69. The second-order valence-electron chi connectivity index (χ2n) is 7.25. The molecule has 0 amide bonds. The van der Waals surface area contributed by atoms with E-state index in [0.717, 1.165) is 42.6 Å². The minimum Gasteiger partial charge on any atom is -0.396 e. The molecule has 4 saturated carbocycles. The second-order valence-corrected chi connectivity index (χ2v) is 7.25. The lowest BCUT2D eigenvalue weighted by molar-refractivity contribution is -0.0411. The van der Waals surface area contributed by atoms with Gasteiger partial charge >= 0.3 is 5.69 Å². The van der Waals surface area contributed by atoms with E-state index in [1.807, 2.05) is 0 Å². The lowest BCUT2D eigenvalue weighted by Gasteiger charge is -2.54. The molecule has 4 nitrogen and oxygen atoms in total. The first-order chi connectivity index (χ1) is 9.69. The zero-order valence-electron chi connectivity index (χ0n) is 11.9. The molecule has 0 aromatic carbocycles. The third-order valence-corrected chi connectivity index (χ3v) is 6.00. The number of nitrogens with zero attached hydrogens (tertiary/aromatic N) is 2. The van der Waals surface area contributed by atoms with E-state index in [2.05, 4.69) is 4.98 Å². The summed E-state index contributed by atoms with van der Waals surface area (Å²) in [7, 11) is 0. The van der Waals surface area contributed by atoms with Gasteiger partial charge < -0.3 is 5.73 Å². The minimum atomic E-state index is -0.164. The highest BCUT2D eigenvalue weighted by atomic mass is 16.1. The van der Waals surface area contributed by atoms with Gasteiger partial charge in [0, 0.05) is 12.7 Å². The van der Waals surface area contributed by atoms with Gasteiger partial charge in [0.15, 0.2) is 0 Å². The average Bonchev–Trinajstić information content (AvgIpc) is 2.41. The maximum absolute atomic E-state index is 11.7. The smallest absolute Gasteiger partial charge is 0.347 e. The van der Waals surface area contributed by atoms with Crippen LogP contribution in [0.1, 0.15) is 38.5 Å². The highest BCUT2D eigenvalue weighted by Crippen LogP contribution is 2.57. The van der Waals surface area contributed by atoms with E-state index >= 15 is 0 Å². The molecule has 1 aromatic heterocycles. The van der Waals surface area contributed by atoms with Gasteiger partial charge in [0.25, 0.3) is 0 Å². The molecule has 0 saturated heterocycles. The number of anilines is 1. The fourth-order valence-electron chi connectivity index (χ4n) is 5.43. The Morgan fingerprint density at radius 2 is 1.80 bits per heavy atom. The molecule has 2 N–H and O–H groups in total. The predicted molar refractivity (Wildman–Crippen MR) is 78.1 cm³/mol. The van der Waals surface area contributed by atoms with Crippen LogP contribution in [0.2, 0.25) is 0 Å². The van der Waals surface area contributed by atoms with Crippen molar-refractivity contribution in [2.75, 3.05) is 5.73 Å². The quantitative estimate of drug-likeness (QED) is 0.919. The summed E-state index contributed by atoms with van der Waals surface area (Å²) >= 11 is 0. The van der Waals surface area contributed by atoms with E-state index in [1.165, 1.54) is 38.3 Å². The number of nitrogen functional groups attached to an aromatic ring is 1. The van der Waals surface area contributed by atoms with Gasteiger partial charge in [0.2, 0.25) is 0 Å². The number of hydrogen-bond acceptors (Lipinski definition) is 3. The van der Waals surface area contributed by atoms with Crippen molar-refractivity contribution in [1.82, 2.24) is 9.55 Å². The van der Waals surface area contributed by atoms with Crippen molar-refractivity contribution in [3.05, 3.63) is 22.9 Å². The Kier molecular flexibility index (Phi) is 2.86. The van der Waals surface area contributed by atoms with Crippen molar-refractivity contribution in [2.24, 2.45) is 29.6 Å². The Morgan fingerprint density at radius 1 is 1.15 bits per heavy atom. The molecule has 5 rings (SSSR count). The van der Waals surface area contributed by atoms with Crippen LogP contribution in [0.4, 0.5) is 5.69 Å². The lowest BCUT2D eigenvalue weighted by atomic mass is 9.51. The molecule has 4 aliphatic rings. The molecular formula is C16H23N3O. The van der Waals surface area contributed by atoms with Gasteiger partial charge in [-0.1, -0.05) is 0 Å². The van der Waals surface area contributed by atoms with E-state index in [1.54, 1.807) is 10.8 Å². The fourth-order valence-corrected chi connectivity index (χ4v) is 5.43. The average molecular weight is 273 g/mol. The fraction of sp³-hybridized carbons (Fsp3) is 0.750. The summed E-state index contributed by atoms with van der Waals surface area (Å²) in [6.45, 7) is 0.782. The standard InChI is InChI=1S/C16H23N3O/c17-14-8-18-16(20)19(9-14)2-1-15-12-4-10-3-11(6-12)7-13(15)5-10/h8-13,15H,1-7,17H2. The molecular weight excluding hydrogens is 250 g/mol. The molecule has 0 atom stereocenters. The van der Waals surface area contributed by atoms with Crippen molar-refractivity contribution in [3.8, 4) is 0 Å². The van der Waals surface area contributed by atoms with Crippen molar-refractivity contribution < 1.29 is 0 Å². The van der Waals surface area contributed by atoms with Crippen LogP contribution in [-0.2, 0) is 6.54 Å². The maximum atomic E-state index is 11.7. The first-order valence-electron chi connectivity index (χ1n) is 8.01. The van der Waals surface area contributed by atoms with Gasteiger partial charge in [-0.2, -0.15) is 4.98 Å². The van der Waals surface area contributed by atoms with Gasteiger partial charge in [-0.05, 0) is 68.1 Å². The summed E-state index contributed by atoms with van der Waals surface area (Å²) in [4.78, 5) is 15.6. The molecule has 0 spiro atoms. The van der Waals surface area contributed by atoms with Crippen LogP contribution in [0.5, 0.6) is 0 Å². The molecule has 20 heavy (non-hydrogen) atoms. The van der Waals surface area contributed by atoms with E-state index in [-0.39, 0.29) is 5.69 Å². The Bertz CT molecular complexity index is 537. The molecule has 4 heteroatoms. The zero-order chi connectivity index (χ0) is 13.7. The second kappa shape index (κ2) is 4.61. The largest absolute Gasteiger partial charge is 0.396 e. The number of hydrogen-bond donors (Lipinski definition) is 1. The third-order valence-electron chi connectivity index (χ3n) is 6.00. The van der Waals surface area contributed by atoms with Crippen molar-refractivity contribution in [1.29, 1.82) is 0 Å². The summed E-state index contributed by atoms with van der Waals surface area (Å²) in [6.07, 6.45) is 11.6. The Hall–Kier alpha value is -1.32. The van der Waals surface area contributed by atoms with Gasteiger partial charge in [0.1, 0.15) is 0 Å². The van der Waals surface area contributed by atoms with Gasteiger partial charge in [0.05, 0.1) is 11.9 Å². The van der Waals surface area contributed by atoms with Crippen LogP contribution in [0.15, 0.2) is 17.2 Å². The summed E-state index contributed by atoms with van der Waals surface area (Å²) in [5, 5.41) is 0. The van der Waals surface area contributed by atoms with Crippen LogP contribution >= 0.6 is 0 Å². The first kappa shape index (κ1) is 12.4. The SMILES string of the molecule is Nc1cnc(=O)n(CCC2C3CC4CC(C3)CC2C4)c1. The lowest BCUT2D eigenvalue weighted by Crippen LogP contribution is -2.45. The van der Waals surface area contributed by atoms with Crippen LogP contribution in [0.3, 0.4) is 0 Å². The molecule has 108 valence electrons. The summed E-state index contributed by atoms with van der Waals surface area (Å²) in [5.74, 6) is 4.72. The molecule has 0 unspecified atom stereocenters. The topological polar surface area (TPSA) is 60.9 Å². The Labute approximate surface area is 119 Å². The maximum Gasteiger partial charge on any atom is 0.347 e. The molecule has 4 fully saturated rings. The van der Waals surface area contributed by atoms with E-state index in [0.29, 0.717) is 5.69 Å². The van der Waals surface area contributed by atoms with Gasteiger partial charge in [-0.15, -0.1) is 0 Å². The van der Waals surface area contributed by atoms with E-state index < -0.39 is 0 Å². The highest BCUT2D eigenvalue weighted by Gasteiger charge is 2.47. The zero-order valence-corrected chi connectivity index (χ0v) is 11.9. The van der Waals surface area contributed by atoms with Crippen LogP contribution in [-0.4, -0.2) is 9.55 Å².